The smallest absolute Gasteiger partial charge is 0.191 e. The van der Waals surface area contributed by atoms with Crippen molar-refractivity contribution in [2.75, 3.05) is 19.6 Å². The zero-order valence-corrected chi connectivity index (χ0v) is 11.9. The Morgan fingerprint density at radius 1 is 1.41 bits per heavy atom. The zero-order valence-electron chi connectivity index (χ0n) is 9.58. The fourth-order valence-corrected chi connectivity index (χ4v) is 1.67. The molecule has 0 saturated heterocycles. The van der Waals surface area contributed by atoms with E-state index < -0.39 is 0 Å². The molecule has 0 unspecified atom stereocenters. The van der Waals surface area contributed by atoms with E-state index in [1.807, 2.05) is 6.07 Å². The van der Waals surface area contributed by atoms with Crippen LogP contribution in [0.15, 0.2) is 29.3 Å². The third-order valence-corrected chi connectivity index (χ3v) is 2.49. The SMILES string of the molecule is Fc1cccc(CCNC2=NCCCN2)c1.I. The van der Waals surface area contributed by atoms with E-state index in [-0.39, 0.29) is 29.8 Å². The van der Waals surface area contributed by atoms with Gasteiger partial charge in [0.2, 0.25) is 0 Å². The molecule has 2 rings (SSSR count). The summed E-state index contributed by atoms with van der Waals surface area (Å²) >= 11 is 0. The second-order valence-corrected chi connectivity index (χ2v) is 3.82. The van der Waals surface area contributed by atoms with Crippen molar-refractivity contribution < 1.29 is 4.39 Å². The standard InChI is InChI=1S/C12H16FN3.HI/c13-11-4-1-3-10(9-11)5-8-16-12-14-6-2-7-15-12;/h1,3-4,9H,2,5-8H2,(H2,14,15,16);1H. The van der Waals surface area contributed by atoms with Crippen LogP contribution in [0.5, 0.6) is 0 Å². The number of guanidine groups is 1. The number of nitrogens with zero attached hydrogens (tertiary/aromatic N) is 1. The van der Waals surface area contributed by atoms with Crippen molar-refractivity contribution in [1.29, 1.82) is 0 Å². The second kappa shape index (κ2) is 7.47. The lowest BCUT2D eigenvalue weighted by molar-refractivity contribution is 0.624. The molecule has 1 heterocycles. The molecule has 1 aromatic carbocycles. The van der Waals surface area contributed by atoms with Crippen molar-refractivity contribution in [3.63, 3.8) is 0 Å². The Morgan fingerprint density at radius 2 is 2.29 bits per heavy atom. The lowest BCUT2D eigenvalue weighted by Crippen LogP contribution is -2.41. The molecular weight excluding hydrogens is 332 g/mol. The highest BCUT2D eigenvalue weighted by atomic mass is 127. The topological polar surface area (TPSA) is 36.4 Å². The van der Waals surface area contributed by atoms with E-state index in [1.54, 1.807) is 12.1 Å². The minimum atomic E-state index is -0.175. The van der Waals surface area contributed by atoms with E-state index in [0.717, 1.165) is 44.0 Å². The van der Waals surface area contributed by atoms with E-state index >= 15 is 0 Å². The van der Waals surface area contributed by atoms with Gasteiger partial charge in [-0.25, -0.2) is 4.39 Å². The summed E-state index contributed by atoms with van der Waals surface area (Å²) in [6.45, 7) is 2.64. The minimum absolute atomic E-state index is 0. The summed E-state index contributed by atoms with van der Waals surface area (Å²) in [7, 11) is 0. The molecule has 1 aliphatic rings. The number of aliphatic imine (C=N–C) groups is 1. The van der Waals surface area contributed by atoms with Gasteiger partial charge >= 0.3 is 0 Å². The van der Waals surface area contributed by atoms with E-state index in [9.17, 15) is 4.39 Å². The van der Waals surface area contributed by atoms with Crippen LogP contribution in [0.2, 0.25) is 0 Å². The Labute approximate surface area is 118 Å². The van der Waals surface area contributed by atoms with Gasteiger partial charge in [-0.2, -0.15) is 0 Å². The quantitative estimate of drug-likeness (QED) is 0.819. The Bertz CT molecular complexity index is 382. The summed E-state index contributed by atoms with van der Waals surface area (Å²) in [5, 5.41) is 6.39. The molecule has 3 nitrogen and oxygen atoms in total. The van der Waals surface area contributed by atoms with E-state index in [4.69, 9.17) is 0 Å². The van der Waals surface area contributed by atoms with Gasteiger partial charge in [0, 0.05) is 19.6 Å². The highest BCUT2D eigenvalue weighted by Crippen LogP contribution is 2.03. The number of nitrogens with one attached hydrogen (secondary N) is 2. The first-order chi connectivity index (χ1) is 7.84. The molecule has 17 heavy (non-hydrogen) atoms. The van der Waals surface area contributed by atoms with Crippen LogP contribution in [-0.2, 0) is 6.42 Å². The molecule has 0 atom stereocenters. The van der Waals surface area contributed by atoms with Crippen LogP contribution in [0, 0.1) is 5.82 Å². The summed E-state index contributed by atoms with van der Waals surface area (Å²) in [6, 6.07) is 6.70. The molecule has 2 N–H and O–H groups in total. The number of rotatable bonds is 3. The number of hydrogen-bond acceptors (Lipinski definition) is 3. The van der Waals surface area contributed by atoms with Gasteiger partial charge in [0.15, 0.2) is 5.96 Å². The van der Waals surface area contributed by atoms with Gasteiger partial charge in [0.1, 0.15) is 5.82 Å². The largest absolute Gasteiger partial charge is 0.356 e. The maximum Gasteiger partial charge on any atom is 0.191 e. The summed E-state index contributed by atoms with van der Waals surface area (Å²) in [4.78, 5) is 4.30. The Kier molecular flexibility index (Phi) is 6.25. The summed E-state index contributed by atoms with van der Waals surface area (Å²) in [6.07, 6.45) is 1.90. The molecular formula is C12H17FIN3. The van der Waals surface area contributed by atoms with Gasteiger partial charge in [-0.3, -0.25) is 4.99 Å². The van der Waals surface area contributed by atoms with Crippen molar-refractivity contribution in [3.8, 4) is 0 Å². The van der Waals surface area contributed by atoms with Gasteiger partial charge in [0.25, 0.3) is 0 Å². The first kappa shape index (κ1) is 14.2. The van der Waals surface area contributed by atoms with Crippen LogP contribution in [0.25, 0.3) is 0 Å². The Balaban J connectivity index is 0.00000144. The summed E-state index contributed by atoms with van der Waals surface area (Å²) < 4.78 is 12.9. The van der Waals surface area contributed by atoms with E-state index in [2.05, 4.69) is 15.6 Å². The summed E-state index contributed by atoms with van der Waals surface area (Å²) in [5.41, 5.74) is 1.00. The average molecular weight is 349 g/mol. The van der Waals surface area contributed by atoms with Gasteiger partial charge < -0.3 is 10.6 Å². The van der Waals surface area contributed by atoms with Crippen LogP contribution >= 0.6 is 24.0 Å². The molecule has 0 aromatic heterocycles. The van der Waals surface area contributed by atoms with E-state index in [0.29, 0.717) is 0 Å². The fourth-order valence-electron chi connectivity index (χ4n) is 1.67. The maximum atomic E-state index is 12.9. The number of halogens is 2. The highest BCUT2D eigenvalue weighted by molar-refractivity contribution is 14.0. The third kappa shape index (κ3) is 4.89. The van der Waals surface area contributed by atoms with Crippen molar-refractivity contribution in [1.82, 2.24) is 10.6 Å². The predicted molar refractivity (Wildman–Crippen MR) is 78.4 cm³/mol. The molecule has 94 valence electrons. The monoisotopic (exact) mass is 349 g/mol. The van der Waals surface area contributed by atoms with Gasteiger partial charge in [0.05, 0.1) is 0 Å². The number of hydrogen-bond donors (Lipinski definition) is 2. The first-order valence-corrected chi connectivity index (χ1v) is 5.61. The molecule has 0 spiro atoms. The first-order valence-electron chi connectivity index (χ1n) is 5.61. The van der Waals surface area contributed by atoms with Gasteiger partial charge in [-0.05, 0) is 30.5 Å². The van der Waals surface area contributed by atoms with E-state index in [1.165, 1.54) is 6.07 Å². The van der Waals surface area contributed by atoms with Crippen LogP contribution in [-0.4, -0.2) is 25.6 Å². The van der Waals surface area contributed by atoms with Crippen LogP contribution in [0.3, 0.4) is 0 Å². The highest BCUT2D eigenvalue weighted by Gasteiger charge is 2.02. The van der Waals surface area contributed by atoms with Crippen molar-refractivity contribution in [3.05, 3.63) is 35.6 Å². The maximum absolute atomic E-state index is 12.9. The molecule has 5 heteroatoms. The number of benzene rings is 1. The third-order valence-electron chi connectivity index (χ3n) is 2.49. The van der Waals surface area contributed by atoms with Crippen molar-refractivity contribution >= 4 is 29.9 Å². The Hall–Kier alpha value is -0.850. The summed E-state index contributed by atoms with van der Waals surface area (Å²) in [5.74, 6) is 0.688. The normalized spacial score (nSPS) is 14.3. The molecule has 0 saturated carbocycles. The molecule has 1 aromatic rings. The predicted octanol–water partition coefficient (Wildman–Crippen LogP) is 1.93. The van der Waals surface area contributed by atoms with Crippen LogP contribution in [0.4, 0.5) is 4.39 Å². The lowest BCUT2D eigenvalue weighted by atomic mass is 10.1. The zero-order chi connectivity index (χ0) is 11.2. The molecule has 0 amide bonds. The molecule has 1 aliphatic heterocycles. The Morgan fingerprint density at radius 3 is 3.00 bits per heavy atom. The molecule has 0 bridgehead atoms. The van der Waals surface area contributed by atoms with Crippen LogP contribution < -0.4 is 10.6 Å². The molecule has 0 radical (unpaired) electrons. The van der Waals surface area contributed by atoms with Crippen LogP contribution in [0.1, 0.15) is 12.0 Å². The molecule has 0 fully saturated rings. The van der Waals surface area contributed by atoms with Gasteiger partial charge in [-0.1, -0.05) is 12.1 Å². The average Bonchev–Trinajstić information content (AvgIpc) is 2.30. The minimum Gasteiger partial charge on any atom is -0.356 e. The fraction of sp³-hybridized carbons (Fsp3) is 0.417. The van der Waals surface area contributed by atoms with Crippen molar-refractivity contribution in [2.24, 2.45) is 4.99 Å². The van der Waals surface area contributed by atoms with Crippen molar-refractivity contribution in [2.45, 2.75) is 12.8 Å². The second-order valence-electron chi connectivity index (χ2n) is 3.82. The van der Waals surface area contributed by atoms with Gasteiger partial charge in [-0.15, -0.1) is 24.0 Å². The lowest BCUT2D eigenvalue weighted by Gasteiger charge is -2.15. The molecule has 0 aliphatic carbocycles.